The first-order chi connectivity index (χ1) is 12.3. The number of sulfonamides is 1. The second-order valence-electron chi connectivity index (χ2n) is 5.70. The van der Waals surface area contributed by atoms with E-state index in [0.717, 1.165) is 11.1 Å². The van der Waals surface area contributed by atoms with Crippen LogP contribution in [0.15, 0.2) is 41.3 Å². The lowest BCUT2D eigenvalue weighted by molar-refractivity contribution is 0.318. The molecule has 0 radical (unpaired) electrons. The van der Waals surface area contributed by atoms with E-state index in [1.165, 1.54) is 24.3 Å². The molecule has 0 unspecified atom stereocenters. The Bertz CT molecular complexity index is 989. The van der Waals surface area contributed by atoms with E-state index in [1.54, 1.807) is 32.0 Å². The Morgan fingerprint density at radius 1 is 1.27 bits per heavy atom. The van der Waals surface area contributed by atoms with Gasteiger partial charge in [0.05, 0.1) is 12.3 Å². The number of benzene rings is 2. The average molecular weight is 372 g/mol. The van der Waals surface area contributed by atoms with Gasteiger partial charge in [-0.25, -0.2) is 8.42 Å². The average Bonchev–Trinajstić information content (AvgIpc) is 2.58. The van der Waals surface area contributed by atoms with Crippen molar-refractivity contribution in [1.29, 1.82) is 5.26 Å². The first kappa shape index (κ1) is 19.3. The van der Waals surface area contributed by atoms with Gasteiger partial charge in [0.25, 0.3) is 10.0 Å². The molecule has 0 aromatic heterocycles. The lowest BCUT2D eigenvalue weighted by Gasteiger charge is -2.11. The molecule has 26 heavy (non-hydrogen) atoms. The highest BCUT2D eigenvalue weighted by molar-refractivity contribution is 7.97. The number of rotatable bonds is 6. The van der Waals surface area contributed by atoms with Gasteiger partial charge in [-0.1, -0.05) is 23.8 Å². The molecule has 0 aliphatic carbocycles. The summed E-state index contributed by atoms with van der Waals surface area (Å²) in [5.41, 5.74) is 2.61. The van der Waals surface area contributed by atoms with E-state index in [1.807, 2.05) is 13.0 Å². The molecule has 0 fully saturated rings. The molecule has 0 spiro atoms. The van der Waals surface area contributed by atoms with Gasteiger partial charge >= 0.3 is 0 Å². The van der Waals surface area contributed by atoms with E-state index in [2.05, 4.69) is 4.72 Å². The maximum absolute atomic E-state index is 12.6. The zero-order chi connectivity index (χ0) is 19.3. The number of nitrogens with one attached hydrogen (secondary N) is 1. The Labute approximate surface area is 153 Å². The number of phenols is 1. The largest absolute Gasteiger partial charge is 0.504 e. The Balaban J connectivity index is 2.38. The van der Waals surface area contributed by atoms with Crippen molar-refractivity contribution >= 4 is 21.8 Å². The third-order valence-corrected chi connectivity index (χ3v) is 4.88. The highest BCUT2D eigenvalue weighted by Gasteiger charge is 2.19. The van der Waals surface area contributed by atoms with E-state index >= 15 is 0 Å². The van der Waals surface area contributed by atoms with Gasteiger partial charge in [0, 0.05) is 0 Å². The zero-order valence-electron chi connectivity index (χ0n) is 14.8. The van der Waals surface area contributed by atoms with Crippen LogP contribution in [0, 0.1) is 25.2 Å². The first-order valence-corrected chi connectivity index (χ1v) is 9.43. The van der Waals surface area contributed by atoms with E-state index < -0.39 is 14.9 Å². The van der Waals surface area contributed by atoms with Crippen molar-refractivity contribution in [3.8, 4) is 17.6 Å². The van der Waals surface area contributed by atoms with Crippen LogP contribution in [0.1, 0.15) is 23.6 Å². The number of ether oxygens (including phenoxy) is 1. The first-order valence-electron chi connectivity index (χ1n) is 7.94. The highest BCUT2D eigenvalue weighted by Crippen LogP contribution is 2.28. The van der Waals surface area contributed by atoms with Crippen molar-refractivity contribution in [1.82, 2.24) is 0 Å². The minimum Gasteiger partial charge on any atom is -0.504 e. The molecule has 2 rings (SSSR count). The molecule has 2 aromatic carbocycles. The summed E-state index contributed by atoms with van der Waals surface area (Å²) in [6.45, 7) is 5.81. The van der Waals surface area contributed by atoms with E-state index in [4.69, 9.17) is 4.74 Å². The molecule has 0 bridgehead atoms. The van der Waals surface area contributed by atoms with E-state index in [-0.39, 0.29) is 11.5 Å². The fourth-order valence-corrected chi connectivity index (χ4v) is 3.38. The summed E-state index contributed by atoms with van der Waals surface area (Å²) in [5.74, 6) is 0.164. The van der Waals surface area contributed by atoms with Crippen LogP contribution in [0.3, 0.4) is 0 Å². The SMILES string of the molecule is CCOc1cc(/C=C(\C#N)S(=O)(=O)Nc2ccc(C)cc2C)ccc1O. The molecule has 0 amide bonds. The summed E-state index contributed by atoms with van der Waals surface area (Å²) in [5, 5.41) is 19.0. The molecule has 0 heterocycles. The van der Waals surface area contributed by atoms with Gasteiger partial charge in [0.2, 0.25) is 0 Å². The normalized spacial score (nSPS) is 11.7. The maximum atomic E-state index is 12.6. The van der Waals surface area contributed by atoms with Crippen LogP contribution in [0.5, 0.6) is 11.5 Å². The van der Waals surface area contributed by atoms with Gasteiger partial charge in [-0.05, 0) is 56.2 Å². The predicted octanol–water partition coefficient (Wildman–Crippen LogP) is 3.71. The summed E-state index contributed by atoms with van der Waals surface area (Å²) in [4.78, 5) is -0.439. The minimum atomic E-state index is -4.05. The lowest BCUT2D eigenvalue weighted by Crippen LogP contribution is -2.15. The molecule has 7 heteroatoms. The molecule has 0 atom stereocenters. The molecule has 0 saturated heterocycles. The lowest BCUT2D eigenvalue weighted by atomic mass is 10.1. The smallest absolute Gasteiger partial charge is 0.272 e. The van der Waals surface area contributed by atoms with Crippen LogP contribution < -0.4 is 9.46 Å². The molecular formula is C19H20N2O4S. The Kier molecular flexibility index (Phi) is 5.90. The number of allylic oxidation sites excluding steroid dienone is 1. The van der Waals surface area contributed by atoms with E-state index in [9.17, 15) is 18.8 Å². The van der Waals surface area contributed by atoms with Crippen LogP contribution >= 0.6 is 0 Å². The van der Waals surface area contributed by atoms with Gasteiger partial charge in [-0.3, -0.25) is 4.72 Å². The quantitative estimate of drug-likeness (QED) is 0.753. The Morgan fingerprint density at radius 3 is 2.62 bits per heavy atom. The Hall–Kier alpha value is -2.98. The van der Waals surface area contributed by atoms with Gasteiger partial charge in [-0.15, -0.1) is 0 Å². The third kappa shape index (κ3) is 4.55. The second kappa shape index (κ2) is 7.93. The molecule has 0 aliphatic heterocycles. The predicted molar refractivity (Wildman–Crippen MR) is 101 cm³/mol. The highest BCUT2D eigenvalue weighted by atomic mass is 32.2. The molecule has 0 saturated carbocycles. The number of aryl methyl sites for hydroxylation is 2. The number of hydrogen-bond acceptors (Lipinski definition) is 5. The number of aromatic hydroxyl groups is 1. The zero-order valence-corrected chi connectivity index (χ0v) is 15.6. The number of anilines is 1. The maximum Gasteiger partial charge on any atom is 0.272 e. The van der Waals surface area contributed by atoms with Gasteiger partial charge in [0.15, 0.2) is 16.4 Å². The fourth-order valence-electron chi connectivity index (χ4n) is 2.34. The van der Waals surface area contributed by atoms with Crippen molar-refractivity contribution in [2.24, 2.45) is 0 Å². The van der Waals surface area contributed by atoms with Gasteiger partial charge in [0.1, 0.15) is 6.07 Å². The van der Waals surface area contributed by atoms with Gasteiger partial charge in [-0.2, -0.15) is 5.26 Å². The molecule has 0 aliphatic rings. The monoisotopic (exact) mass is 372 g/mol. The van der Waals surface area contributed by atoms with Crippen molar-refractivity contribution < 1.29 is 18.3 Å². The summed E-state index contributed by atoms with van der Waals surface area (Å²) in [7, 11) is -4.05. The number of nitriles is 1. The van der Waals surface area contributed by atoms with Gasteiger partial charge < -0.3 is 9.84 Å². The summed E-state index contributed by atoms with van der Waals surface area (Å²) in [6.07, 6.45) is 1.23. The van der Waals surface area contributed by atoms with Crippen molar-refractivity contribution in [3.05, 3.63) is 58.0 Å². The molecule has 6 nitrogen and oxygen atoms in total. The molecular weight excluding hydrogens is 352 g/mol. The fraction of sp³-hybridized carbons (Fsp3) is 0.211. The standard InChI is InChI=1S/C19H20N2O4S/c1-4-25-19-11-15(6-8-18(19)22)10-16(12-20)26(23,24)21-17-7-5-13(2)9-14(17)3/h5-11,21-22H,4H2,1-3H3/b16-10+. The summed E-state index contributed by atoms with van der Waals surface area (Å²) < 4.78 is 32.8. The minimum absolute atomic E-state index is 0.0567. The third-order valence-electron chi connectivity index (χ3n) is 3.61. The number of phenolic OH excluding ortho intramolecular Hbond substituents is 1. The Morgan fingerprint density at radius 2 is 2.00 bits per heavy atom. The number of hydrogen-bond donors (Lipinski definition) is 2. The number of nitrogens with zero attached hydrogens (tertiary/aromatic N) is 1. The van der Waals surface area contributed by atoms with Crippen LogP contribution in [-0.2, 0) is 10.0 Å². The molecule has 2 N–H and O–H groups in total. The summed E-state index contributed by atoms with van der Waals surface area (Å²) in [6, 6.07) is 11.4. The topological polar surface area (TPSA) is 99.4 Å². The molecule has 2 aromatic rings. The molecule has 136 valence electrons. The second-order valence-corrected chi connectivity index (χ2v) is 7.36. The van der Waals surface area contributed by atoms with Crippen LogP contribution in [0.4, 0.5) is 5.69 Å². The van der Waals surface area contributed by atoms with Crippen molar-refractivity contribution in [2.75, 3.05) is 11.3 Å². The van der Waals surface area contributed by atoms with Crippen molar-refractivity contribution in [2.45, 2.75) is 20.8 Å². The van der Waals surface area contributed by atoms with Crippen molar-refractivity contribution in [3.63, 3.8) is 0 Å². The van der Waals surface area contributed by atoms with Crippen LogP contribution in [-0.4, -0.2) is 20.1 Å². The summed E-state index contributed by atoms with van der Waals surface area (Å²) >= 11 is 0. The van der Waals surface area contributed by atoms with Crippen LogP contribution in [0.25, 0.3) is 6.08 Å². The van der Waals surface area contributed by atoms with Crippen LogP contribution in [0.2, 0.25) is 0 Å². The van der Waals surface area contributed by atoms with E-state index in [0.29, 0.717) is 17.9 Å².